The van der Waals surface area contributed by atoms with Gasteiger partial charge in [0.1, 0.15) is 0 Å². The van der Waals surface area contributed by atoms with Crippen molar-refractivity contribution < 1.29 is 14.5 Å². The van der Waals surface area contributed by atoms with E-state index >= 15 is 0 Å². The Balaban J connectivity index is 1.45. The summed E-state index contributed by atoms with van der Waals surface area (Å²) in [5, 5.41) is 10.4. The van der Waals surface area contributed by atoms with E-state index in [1.54, 1.807) is 18.2 Å². The van der Waals surface area contributed by atoms with Crippen molar-refractivity contribution in [2.45, 2.75) is 25.8 Å². The molecule has 0 atom stereocenters. The highest BCUT2D eigenvalue weighted by atomic mass is 32.2. The second-order valence-electron chi connectivity index (χ2n) is 7.33. The van der Waals surface area contributed by atoms with Crippen molar-refractivity contribution in [2.24, 2.45) is 0 Å². The number of amides is 2. The molecule has 8 heteroatoms. The molecule has 7 nitrogen and oxygen atoms in total. The molecule has 154 valence electrons. The minimum Gasteiger partial charge on any atom is -0.372 e. The van der Waals surface area contributed by atoms with E-state index in [9.17, 15) is 19.7 Å². The van der Waals surface area contributed by atoms with Crippen LogP contribution in [0.3, 0.4) is 0 Å². The predicted octanol–water partition coefficient (Wildman–Crippen LogP) is 4.82. The number of non-ortho nitro benzene ring substituents is 1. The van der Waals surface area contributed by atoms with E-state index in [-0.39, 0.29) is 23.4 Å². The van der Waals surface area contributed by atoms with Crippen molar-refractivity contribution in [3.05, 3.63) is 74.7 Å². The van der Waals surface area contributed by atoms with Gasteiger partial charge in [0.2, 0.25) is 0 Å². The number of hydrogen-bond acceptors (Lipinski definition) is 6. The van der Waals surface area contributed by atoms with Gasteiger partial charge in [-0.25, -0.2) is 0 Å². The first-order valence-electron chi connectivity index (χ1n) is 9.85. The van der Waals surface area contributed by atoms with Crippen LogP contribution < -0.4 is 4.90 Å². The number of rotatable bonds is 5. The first kappa shape index (κ1) is 20.2. The summed E-state index contributed by atoms with van der Waals surface area (Å²) >= 11 is 0.916. The molecular weight excluding hydrogens is 402 g/mol. The van der Waals surface area contributed by atoms with Crippen LogP contribution in [0, 0.1) is 10.1 Å². The lowest BCUT2D eigenvalue weighted by molar-refractivity contribution is -0.384. The summed E-state index contributed by atoms with van der Waals surface area (Å²) in [5.74, 6) is -0.344. The molecule has 2 aromatic rings. The number of thioether (sulfide) groups is 1. The highest BCUT2D eigenvalue weighted by Crippen LogP contribution is 2.33. The van der Waals surface area contributed by atoms with Gasteiger partial charge in [0.05, 0.1) is 16.4 Å². The Morgan fingerprint density at radius 3 is 2.27 bits per heavy atom. The summed E-state index contributed by atoms with van der Waals surface area (Å²) in [6, 6.07) is 13.9. The molecule has 2 saturated heterocycles. The van der Waals surface area contributed by atoms with Crippen LogP contribution >= 0.6 is 11.8 Å². The molecule has 0 N–H and O–H groups in total. The van der Waals surface area contributed by atoms with Crippen LogP contribution in [-0.2, 0) is 11.3 Å². The Morgan fingerprint density at radius 2 is 1.63 bits per heavy atom. The molecule has 2 fully saturated rings. The zero-order chi connectivity index (χ0) is 21.1. The molecule has 0 radical (unpaired) electrons. The molecule has 2 aliphatic rings. The van der Waals surface area contributed by atoms with Crippen LogP contribution in [-0.4, -0.2) is 34.1 Å². The predicted molar refractivity (Wildman–Crippen MR) is 117 cm³/mol. The Kier molecular flexibility index (Phi) is 5.85. The third-order valence-corrected chi connectivity index (χ3v) is 6.18. The SMILES string of the molecule is O=C1S/C(=C\c2ccc(N3CCCCC3)cc2)C(=O)N1Cc1ccc([N+](=O)[O-])cc1. The van der Waals surface area contributed by atoms with E-state index in [0.717, 1.165) is 30.4 Å². The highest BCUT2D eigenvalue weighted by Gasteiger charge is 2.35. The van der Waals surface area contributed by atoms with Gasteiger partial charge in [0, 0.05) is 30.9 Å². The zero-order valence-corrected chi connectivity index (χ0v) is 17.1. The van der Waals surface area contributed by atoms with Crippen LogP contribution in [0.15, 0.2) is 53.4 Å². The largest absolute Gasteiger partial charge is 0.372 e. The number of piperidine rings is 1. The van der Waals surface area contributed by atoms with Crippen LogP contribution in [0.2, 0.25) is 0 Å². The average molecular weight is 423 g/mol. The summed E-state index contributed by atoms with van der Waals surface area (Å²) in [6.07, 6.45) is 5.44. The van der Waals surface area contributed by atoms with Gasteiger partial charge >= 0.3 is 0 Å². The van der Waals surface area contributed by atoms with E-state index in [4.69, 9.17) is 0 Å². The van der Waals surface area contributed by atoms with Crippen molar-refractivity contribution in [1.82, 2.24) is 4.90 Å². The second kappa shape index (κ2) is 8.71. The smallest absolute Gasteiger partial charge is 0.293 e. The Bertz CT molecular complexity index is 996. The fourth-order valence-corrected chi connectivity index (χ4v) is 4.47. The number of carbonyl (C=O) groups excluding carboxylic acids is 2. The number of anilines is 1. The lowest BCUT2D eigenvalue weighted by Crippen LogP contribution is -2.29. The highest BCUT2D eigenvalue weighted by molar-refractivity contribution is 8.18. The van der Waals surface area contributed by atoms with Gasteiger partial charge in [-0.05, 0) is 60.4 Å². The molecule has 4 rings (SSSR count). The topological polar surface area (TPSA) is 83.8 Å². The molecule has 0 aromatic heterocycles. The second-order valence-corrected chi connectivity index (χ2v) is 8.32. The third kappa shape index (κ3) is 4.38. The van der Waals surface area contributed by atoms with Gasteiger partial charge < -0.3 is 4.90 Å². The molecule has 0 saturated carbocycles. The van der Waals surface area contributed by atoms with Gasteiger partial charge in [0.25, 0.3) is 16.8 Å². The van der Waals surface area contributed by atoms with Crippen molar-refractivity contribution in [2.75, 3.05) is 18.0 Å². The van der Waals surface area contributed by atoms with Gasteiger partial charge in [-0.2, -0.15) is 0 Å². The molecule has 0 unspecified atom stereocenters. The standard InChI is InChI=1S/C22H21N3O4S/c26-21-20(14-16-4-8-18(9-5-16)23-12-2-1-3-13-23)30-22(27)24(21)15-17-6-10-19(11-7-17)25(28)29/h4-11,14H,1-3,12-13,15H2/b20-14-. The quantitative estimate of drug-likeness (QED) is 0.389. The molecule has 2 amide bonds. The van der Waals surface area contributed by atoms with Gasteiger partial charge in [-0.1, -0.05) is 24.3 Å². The molecule has 0 aliphatic carbocycles. The number of hydrogen-bond donors (Lipinski definition) is 0. The fourth-order valence-electron chi connectivity index (χ4n) is 3.63. The van der Waals surface area contributed by atoms with Crippen molar-refractivity contribution in [3.8, 4) is 0 Å². The van der Waals surface area contributed by atoms with E-state index in [2.05, 4.69) is 17.0 Å². The lowest BCUT2D eigenvalue weighted by atomic mass is 10.1. The van der Waals surface area contributed by atoms with E-state index in [1.165, 1.54) is 42.0 Å². The van der Waals surface area contributed by atoms with Crippen LogP contribution in [0.5, 0.6) is 0 Å². The minimum absolute atomic E-state index is 0.0271. The molecule has 2 aliphatic heterocycles. The van der Waals surface area contributed by atoms with Crippen LogP contribution in [0.25, 0.3) is 6.08 Å². The maximum absolute atomic E-state index is 12.7. The minimum atomic E-state index is -0.483. The zero-order valence-electron chi connectivity index (χ0n) is 16.3. The molecule has 2 aromatic carbocycles. The van der Waals surface area contributed by atoms with Crippen LogP contribution in [0.4, 0.5) is 16.2 Å². The number of benzene rings is 2. The summed E-state index contributed by atoms with van der Waals surface area (Å²) in [5.41, 5.74) is 2.69. The number of nitro benzene ring substituents is 1. The number of carbonyl (C=O) groups is 2. The van der Waals surface area contributed by atoms with Crippen LogP contribution in [0.1, 0.15) is 30.4 Å². The number of nitro groups is 1. The van der Waals surface area contributed by atoms with Gasteiger partial charge in [0.15, 0.2) is 0 Å². The fraction of sp³-hybridized carbons (Fsp3) is 0.273. The number of imide groups is 1. The van der Waals surface area contributed by atoms with E-state index in [1.807, 2.05) is 12.1 Å². The van der Waals surface area contributed by atoms with E-state index < -0.39 is 4.92 Å². The molecule has 0 bridgehead atoms. The first-order chi connectivity index (χ1) is 14.5. The van der Waals surface area contributed by atoms with Crippen molar-refractivity contribution >= 4 is 40.4 Å². The average Bonchev–Trinajstić information content (AvgIpc) is 3.02. The van der Waals surface area contributed by atoms with Crippen molar-refractivity contribution in [3.63, 3.8) is 0 Å². The normalized spacial score (nSPS) is 18.3. The summed E-state index contributed by atoms with van der Waals surface area (Å²) in [7, 11) is 0. The first-order valence-corrected chi connectivity index (χ1v) is 10.7. The maximum atomic E-state index is 12.7. The Morgan fingerprint density at radius 1 is 0.967 bits per heavy atom. The monoisotopic (exact) mass is 423 g/mol. The summed E-state index contributed by atoms with van der Waals surface area (Å²) in [4.78, 5) is 39.2. The summed E-state index contributed by atoms with van der Waals surface area (Å²) in [6.45, 7) is 2.23. The Hall–Kier alpha value is -3.13. The lowest BCUT2D eigenvalue weighted by Gasteiger charge is -2.28. The number of nitrogens with zero attached hydrogens (tertiary/aromatic N) is 3. The summed E-state index contributed by atoms with van der Waals surface area (Å²) < 4.78 is 0. The molecule has 2 heterocycles. The van der Waals surface area contributed by atoms with Crippen molar-refractivity contribution in [1.29, 1.82) is 0 Å². The molecule has 30 heavy (non-hydrogen) atoms. The third-order valence-electron chi connectivity index (χ3n) is 5.27. The maximum Gasteiger partial charge on any atom is 0.293 e. The molecular formula is C22H21N3O4S. The van der Waals surface area contributed by atoms with Gasteiger partial charge in [-0.15, -0.1) is 0 Å². The van der Waals surface area contributed by atoms with Gasteiger partial charge in [-0.3, -0.25) is 24.6 Å². The molecule has 0 spiro atoms. The Labute approximate surface area is 178 Å². The van der Waals surface area contributed by atoms with E-state index in [0.29, 0.717) is 10.5 Å².